The number of thiazole rings is 1. The van der Waals surface area contributed by atoms with Crippen LogP contribution in [0.3, 0.4) is 0 Å². The third-order valence-corrected chi connectivity index (χ3v) is 6.20. The molecule has 0 unspecified atom stereocenters. The lowest BCUT2D eigenvalue weighted by Gasteiger charge is -2.25. The Kier molecular flexibility index (Phi) is 8.22. The molecule has 5 nitrogen and oxygen atoms in total. The minimum atomic E-state index is -0.0397. The number of carbonyl (C=O) groups excluding carboxylic acids is 1. The normalized spacial score (nSPS) is 11.2. The zero-order valence-corrected chi connectivity index (χ0v) is 19.0. The number of hydrogen-bond donors (Lipinski definition) is 0. The Balaban J connectivity index is 1.87. The summed E-state index contributed by atoms with van der Waals surface area (Å²) in [4.78, 5) is 22.4. The van der Waals surface area contributed by atoms with Crippen LogP contribution in [0.15, 0.2) is 48.5 Å². The zero-order chi connectivity index (χ0) is 21.3. The first-order valence-corrected chi connectivity index (χ1v) is 11.6. The number of unbranched alkanes of at least 4 members (excludes halogenated alkanes) is 1. The number of benzene rings is 2. The average Bonchev–Trinajstić information content (AvgIpc) is 3.21. The molecule has 3 aromatic rings. The first-order valence-electron chi connectivity index (χ1n) is 10.8. The molecule has 1 amide bonds. The van der Waals surface area contributed by atoms with Gasteiger partial charge in [0.25, 0.3) is 5.91 Å². The van der Waals surface area contributed by atoms with Crippen LogP contribution in [0.25, 0.3) is 10.2 Å². The Morgan fingerprint density at radius 3 is 2.57 bits per heavy atom. The highest BCUT2D eigenvalue weighted by molar-refractivity contribution is 7.22. The van der Waals surface area contributed by atoms with E-state index in [0.29, 0.717) is 18.7 Å². The van der Waals surface area contributed by atoms with Crippen LogP contribution in [0.2, 0.25) is 0 Å². The van der Waals surface area contributed by atoms with E-state index in [0.717, 1.165) is 53.6 Å². The molecule has 0 saturated carbocycles. The summed E-state index contributed by atoms with van der Waals surface area (Å²) in [7, 11) is 0. The molecule has 0 saturated heterocycles. The van der Waals surface area contributed by atoms with Gasteiger partial charge in [-0.1, -0.05) is 56.7 Å². The molecule has 0 spiro atoms. The molecule has 1 heterocycles. The number of ether oxygens (including phenoxy) is 1. The molecule has 0 bridgehead atoms. The van der Waals surface area contributed by atoms with E-state index in [1.807, 2.05) is 53.4 Å². The van der Waals surface area contributed by atoms with E-state index < -0.39 is 0 Å². The first kappa shape index (κ1) is 22.2. The Morgan fingerprint density at radius 2 is 1.83 bits per heavy atom. The maximum atomic E-state index is 13.5. The molecule has 0 aliphatic carbocycles. The van der Waals surface area contributed by atoms with E-state index in [-0.39, 0.29) is 5.91 Å². The Labute approximate surface area is 183 Å². The second-order valence-electron chi connectivity index (χ2n) is 7.18. The standard InChI is InChI=1S/C24H31N3O2S/c1-4-7-17-29-20-12-10-11-19(18-20)23(28)27(16-15-26(5-2)6-3)24-25-21-13-8-9-14-22(21)30-24/h8-14,18H,4-7,15-17H2,1-3H3. The minimum Gasteiger partial charge on any atom is -0.494 e. The summed E-state index contributed by atoms with van der Waals surface area (Å²) in [6.07, 6.45) is 2.08. The smallest absolute Gasteiger partial charge is 0.260 e. The van der Waals surface area contributed by atoms with Crippen molar-refractivity contribution >= 4 is 32.6 Å². The van der Waals surface area contributed by atoms with Crippen molar-refractivity contribution in [3.8, 4) is 5.75 Å². The van der Waals surface area contributed by atoms with E-state index in [2.05, 4.69) is 25.7 Å². The van der Waals surface area contributed by atoms with Gasteiger partial charge in [-0.25, -0.2) is 4.98 Å². The number of anilines is 1. The predicted octanol–water partition coefficient (Wildman–Crippen LogP) is 5.46. The maximum absolute atomic E-state index is 13.5. The van der Waals surface area contributed by atoms with Gasteiger partial charge in [0.2, 0.25) is 0 Å². The molecule has 0 atom stereocenters. The van der Waals surface area contributed by atoms with Gasteiger partial charge in [0.1, 0.15) is 5.75 Å². The van der Waals surface area contributed by atoms with Gasteiger partial charge in [0, 0.05) is 18.7 Å². The number of nitrogens with zero attached hydrogens (tertiary/aromatic N) is 3. The summed E-state index contributed by atoms with van der Waals surface area (Å²) in [5.41, 5.74) is 1.55. The summed E-state index contributed by atoms with van der Waals surface area (Å²) in [5.74, 6) is 0.699. The van der Waals surface area contributed by atoms with Gasteiger partial charge in [-0.2, -0.15) is 0 Å². The molecule has 0 fully saturated rings. The first-order chi connectivity index (χ1) is 14.7. The Hall–Kier alpha value is -2.44. The molecule has 1 aromatic heterocycles. The molecule has 3 rings (SSSR count). The number of rotatable bonds is 11. The van der Waals surface area contributed by atoms with Crippen molar-refractivity contribution in [2.24, 2.45) is 0 Å². The quantitative estimate of drug-likeness (QED) is 0.383. The van der Waals surface area contributed by atoms with E-state index in [1.165, 1.54) is 0 Å². The Morgan fingerprint density at radius 1 is 1.03 bits per heavy atom. The molecule has 2 aromatic carbocycles. The second-order valence-corrected chi connectivity index (χ2v) is 8.19. The van der Waals surface area contributed by atoms with Crippen LogP contribution in [0.4, 0.5) is 5.13 Å². The highest BCUT2D eigenvalue weighted by Gasteiger charge is 2.22. The fourth-order valence-electron chi connectivity index (χ4n) is 3.25. The highest BCUT2D eigenvalue weighted by Crippen LogP contribution is 2.30. The van der Waals surface area contributed by atoms with Crippen LogP contribution in [-0.4, -0.2) is 48.6 Å². The maximum Gasteiger partial charge on any atom is 0.260 e. The average molecular weight is 426 g/mol. The largest absolute Gasteiger partial charge is 0.494 e. The third-order valence-electron chi connectivity index (χ3n) is 5.14. The number of fused-ring (bicyclic) bond motifs is 1. The molecule has 6 heteroatoms. The van der Waals surface area contributed by atoms with Crippen LogP contribution in [0.1, 0.15) is 44.0 Å². The fourth-order valence-corrected chi connectivity index (χ4v) is 4.24. The third kappa shape index (κ3) is 5.58. The van der Waals surface area contributed by atoms with Crippen LogP contribution in [-0.2, 0) is 0 Å². The number of para-hydroxylation sites is 1. The fraction of sp³-hybridized carbons (Fsp3) is 0.417. The molecule has 0 aliphatic rings. The zero-order valence-electron chi connectivity index (χ0n) is 18.1. The molecule has 0 N–H and O–H groups in total. The van der Waals surface area contributed by atoms with Crippen molar-refractivity contribution in [1.29, 1.82) is 0 Å². The lowest BCUT2D eigenvalue weighted by Crippen LogP contribution is -2.38. The lowest BCUT2D eigenvalue weighted by atomic mass is 10.2. The predicted molar refractivity (Wildman–Crippen MR) is 126 cm³/mol. The van der Waals surface area contributed by atoms with Gasteiger partial charge in [0.15, 0.2) is 5.13 Å². The summed E-state index contributed by atoms with van der Waals surface area (Å²) >= 11 is 1.56. The van der Waals surface area contributed by atoms with Crippen LogP contribution >= 0.6 is 11.3 Å². The van der Waals surface area contributed by atoms with Gasteiger partial charge < -0.3 is 9.64 Å². The van der Waals surface area contributed by atoms with E-state index in [9.17, 15) is 4.79 Å². The summed E-state index contributed by atoms with van der Waals surface area (Å²) in [6, 6.07) is 15.5. The van der Waals surface area contributed by atoms with E-state index in [1.54, 1.807) is 11.3 Å². The number of carbonyl (C=O) groups is 1. The second kappa shape index (κ2) is 11.1. The van der Waals surface area contributed by atoms with Gasteiger partial charge in [-0.3, -0.25) is 9.69 Å². The molecular formula is C24H31N3O2S. The van der Waals surface area contributed by atoms with Gasteiger partial charge in [-0.15, -0.1) is 0 Å². The van der Waals surface area contributed by atoms with E-state index in [4.69, 9.17) is 9.72 Å². The monoisotopic (exact) mass is 425 g/mol. The lowest BCUT2D eigenvalue weighted by molar-refractivity contribution is 0.0983. The minimum absolute atomic E-state index is 0.0397. The van der Waals surface area contributed by atoms with E-state index >= 15 is 0 Å². The Bertz CT molecular complexity index is 919. The molecule has 160 valence electrons. The van der Waals surface area contributed by atoms with Crippen LogP contribution in [0.5, 0.6) is 5.75 Å². The molecule has 0 radical (unpaired) electrons. The number of amides is 1. The van der Waals surface area contributed by atoms with Crippen LogP contribution < -0.4 is 9.64 Å². The van der Waals surface area contributed by atoms with Crippen molar-refractivity contribution in [2.45, 2.75) is 33.6 Å². The summed E-state index contributed by atoms with van der Waals surface area (Å²) < 4.78 is 6.90. The highest BCUT2D eigenvalue weighted by atomic mass is 32.1. The molecule has 30 heavy (non-hydrogen) atoms. The molecular weight excluding hydrogens is 394 g/mol. The van der Waals surface area contributed by atoms with Crippen molar-refractivity contribution in [1.82, 2.24) is 9.88 Å². The van der Waals surface area contributed by atoms with Crippen LogP contribution in [0, 0.1) is 0 Å². The SMILES string of the molecule is CCCCOc1cccc(C(=O)N(CCN(CC)CC)c2nc3ccccc3s2)c1. The van der Waals surface area contributed by atoms with Crippen molar-refractivity contribution < 1.29 is 9.53 Å². The van der Waals surface area contributed by atoms with Crippen molar-refractivity contribution in [3.05, 3.63) is 54.1 Å². The molecule has 0 aliphatic heterocycles. The summed E-state index contributed by atoms with van der Waals surface area (Å²) in [5, 5.41) is 0.741. The van der Waals surface area contributed by atoms with Gasteiger partial charge in [-0.05, 0) is 49.8 Å². The van der Waals surface area contributed by atoms with Gasteiger partial charge >= 0.3 is 0 Å². The topological polar surface area (TPSA) is 45.7 Å². The number of hydrogen-bond acceptors (Lipinski definition) is 5. The van der Waals surface area contributed by atoms with Gasteiger partial charge in [0.05, 0.1) is 16.8 Å². The van der Waals surface area contributed by atoms with Crippen molar-refractivity contribution in [3.63, 3.8) is 0 Å². The number of likely N-dealkylation sites (N-methyl/N-ethyl adjacent to an activating group) is 1. The van der Waals surface area contributed by atoms with Crippen molar-refractivity contribution in [2.75, 3.05) is 37.7 Å². The summed E-state index contributed by atoms with van der Waals surface area (Å²) in [6.45, 7) is 10.4. The number of aromatic nitrogens is 1.